The summed E-state index contributed by atoms with van der Waals surface area (Å²) in [6.45, 7) is -0.316. The van der Waals surface area contributed by atoms with Crippen molar-refractivity contribution in [3.05, 3.63) is 12.2 Å². The van der Waals surface area contributed by atoms with Crippen molar-refractivity contribution in [3.63, 3.8) is 0 Å². The van der Waals surface area contributed by atoms with Gasteiger partial charge in [-0.3, -0.25) is 4.79 Å². The summed E-state index contributed by atoms with van der Waals surface area (Å²) >= 11 is 0. The second kappa shape index (κ2) is 5.56. The molecule has 0 amide bonds. The average molecular weight is 280 g/mol. The lowest BCUT2D eigenvalue weighted by atomic mass is 9.94. The van der Waals surface area contributed by atoms with Crippen LogP contribution in [0.2, 0.25) is 0 Å². The number of aliphatic hydroxyl groups excluding tert-OH is 1. The highest BCUT2D eigenvalue weighted by Crippen LogP contribution is 2.44. The third-order valence-corrected chi connectivity index (χ3v) is 4.64. The lowest BCUT2D eigenvalue weighted by Crippen LogP contribution is -2.27. The average Bonchev–Trinajstić information content (AvgIpc) is 3.14. The molecule has 5 heteroatoms. The van der Waals surface area contributed by atoms with E-state index >= 15 is 0 Å². The molecular weight excluding hydrogens is 260 g/mol. The number of hydrogen-bond acceptors (Lipinski definition) is 5. The van der Waals surface area contributed by atoms with E-state index in [-0.39, 0.29) is 30.5 Å². The lowest BCUT2D eigenvalue weighted by Gasteiger charge is -2.17. The van der Waals surface area contributed by atoms with Crippen LogP contribution in [-0.2, 0) is 19.1 Å². The molecule has 20 heavy (non-hydrogen) atoms. The largest absolute Gasteiger partial charge is 0.460 e. The zero-order valence-corrected chi connectivity index (χ0v) is 11.4. The van der Waals surface area contributed by atoms with Crippen LogP contribution in [-0.4, -0.2) is 35.9 Å². The van der Waals surface area contributed by atoms with Crippen molar-refractivity contribution >= 4 is 11.9 Å². The first-order chi connectivity index (χ1) is 9.65. The van der Waals surface area contributed by atoms with Crippen LogP contribution in [0.1, 0.15) is 32.1 Å². The van der Waals surface area contributed by atoms with Gasteiger partial charge in [0.2, 0.25) is 0 Å². The third kappa shape index (κ3) is 2.59. The van der Waals surface area contributed by atoms with E-state index in [1.54, 1.807) is 0 Å². The molecule has 2 fully saturated rings. The molecule has 5 nitrogen and oxygen atoms in total. The second-order valence-electron chi connectivity index (χ2n) is 5.96. The van der Waals surface area contributed by atoms with Crippen molar-refractivity contribution in [1.82, 2.24) is 0 Å². The number of fused-ring (bicyclic) bond motifs is 2. The van der Waals surface area contributed by atoms with Crippen LogP contribution < -0.4 is 0 Å². The van der Waals surface area contributed by atoms with Crippen LogP contribution in [0.25, 0.3) is 0 Å². The fourth-order valence-corrected chi connectivity index (χ4v) is 3.54. The minimum Gasteiger partial charge on any atom is -0.460 e. The number of carbonyl (C=O) groups excluding carboxylic acids is 2. The zero-order valence-electron chi connectivity index (χ0n) is 11.4. The summed E-state index contributed by atoms with van der Waals surface area (Å²) in [7, 11) is 0. The van der Waals surface area contributed by atoms with E-state index in [1.807, 2.05) is 12.2 Å². The van der Waals surface area contributed by atoms with Gasteiger partial charge in [0.25, 0.3) is 0 Å². The summed E-state index contributed by atoms with van der Waals surface area (Å²) in [5.41, 5.74) is 0. The number of rotatable bonds is 4. The molecule has 2 saturated carbocycles. The van der Waals surface area contributed by atoms with Crippen LogP contribution in [0.5, 0.6) is 0 Å². The van der Waals surface area contributed by atoms with Crippen molar-refractivity contribution in [2.75, 3.05) is 6.61 Å². The standard InChI is InChI=1S/C15H20O5/c16-13(20-10-3-1-2-4-10)8-19-15(18)12-7-9-5-6-11(12)14(9)17/h5-6,9-12,14,17H,1-4,7-8H2. The SMILES string of the molecule is O=C(COC(=O)C1CC2C=CC1C2O)OC1CCCC1. The molecule has 4 unspecified atom stereocenters. The van der Waals surface area contributed by atoms with Crippen molar-refractivity contribution in [3.8, 4) is 0 Å². The van der Waals surface area contributed by atoms with Gasteiger partial charge in [0, 0.05) is 11.8 Å². The summed E-state index contributed by atoms with van der Waals surface area (Å²) in [4.78, 5) is 23.5. The van der Waals surface area contributed by atoms with Crippen molar-refractivity contribution in [2.24, 2.45) is 17.8 Å². The van der Waals surface area contributed by atoms with Crippen molar-refractivity contribution in [2.45, 2.75) is 44.3 Å². The fraction of sp³-hybridized carbons (Fsp3) is 0.733. The van der Waals surface area contributed by atoms with Crippen LogP contribution in [0, 0.1) is 17.8 Å². The van der Waals surface area contributed by atoms with Gasteiger partial charge in [-0.05, 0) is 32.1 Å². The first-order valence-electron chi connectivity index (χ1n) is 7.37. The van der Waals surface area contributed by atoms with E-state index in [9.17, 15) is 14.7 Å². The Morgan fingerprint density at radius 1 is 1.20 bits per heavy atom. The Morgan fingerprint density at radius 2 is 1.95 bits per heavy atom. The van der Waals surface area contributed by atoms with Gasteiger partial charge in [-0.2, -0.15) is 0 Å². The van der Waals surface area contributed by atoms with E-state index in [0.717, 1.165) is 25.7 Å². The van der Waals surface area contributed by atoms with Gasteiger partial charge >= 0.3 is 11.9 Å². The molecule has 0 aromatic carbocycles. The molecule has 0 heterocycles. The van der Waals surface area contributed by atoms with Gasteiger partial charge < -0.3 is 14.6 Å². The van der Waals surface area contributed by atoms with E-state index in [1.165, 1.54) is 0 Å². The number of carbonyl (C=O) groups is 2. The minimum atomic E-state index is -0.474. The maximum atomic E-state index is 11.9. The fourth-order valence-electron chi connectivity index (χ4n) is 3.54. The summed E-state index contributed by atoms with van der Waals surface area (Å²) in [6, 6.07) is 0. The van der Waals surface area contributed by atoms with Gasteiger partial charge in [-0.1, -0.05) is 12.2 Å². The molecule has 2 bridgehead atoms. The van der Waals surface area contributed by atoms with E-state index in [0.29, 0.717) is 6.42 Å². The molecule has 4 atom stereocenters. The molecule has 0 radical (unpaired) electrons. The Bertz CT molecular complexity index is 424. The summed E-state index contributed by atoms with van der Waals surface area (Å²) in [5, 5.41) is 9.85. The zero-order chi connectivity index (χ0) is 14.1. The van der Waals surface area contributed by atoms with E-state index < -0.39 is 18.0 Å². The molecule has 0 aromatic heterocycles. The highest BCUT2D eigenvalue weighted by atomic mass is 16.6. The molecule has 3 aliphatic rings. The summed E-state index contributed by atoms with van der Waals surface area (Å²) in [6.07, 6.45) is 7.95. The van der Waals surface area contributed by atoms with Crippen LogP contribution >= 0.6 is 0 Å². The molecule has 1 N–H and O–H groups in total. The van der Waals surface area contributed by atoms with Gasteiger partial charge in [-0.15, -0.1) is 0 Å². The molecular formula is C15H20O5. The monoisotopic (exact) mass is 280 g/mol. The quantitative estimate of drug-likeness (QED) is 0.619. The number of ether oxygens (including phenoxy) is 2. The summed E-state index contributed by atoms with van der Waals surface area (Å²) < 4.78 is 10.3. The second-order valence-corrected chi connectivity index (χ2v) is 5.96. The molecule has 0 spiro atoms. The van der Waals surface area contributed by atoms with E-state index in [2.05, 4.69) is 0 Å². The van der Waals surface area contributed by atoms with Crippen molar-refractivity contribution in [1.29, 1.82) is 0 Å². The summed E-state index contributed by atoms with van der Waals surface area (Å²) in [5.74, 6) is -1.28. The Labute approximate surface area is 117 Å². The molecule has 110 valence electrons. The normalized spacial score (nSPS) is 35.5. The Morgan fingerprint density at radius 3 is 2.55 bits per heavy atom. The third-order valence-electron chi connectivity index (χ3n) is 4.64. The number of hydrogen-bond donors (Lipinski definition) is 1. The van der Waals surface area contributed by atoms with Gasteiger partial charge in [-0.25, -0.2) is 4.79 Å². The molecule has 0 aliphatic heterocycles. The lowest BCUT2D eigenvalue weighted by molar-refractivity contribution is -0.164. The minimum absolute atomic E-state index is 0.00606. The van der Waals surface area contributed by atoms with Crippen LogP contribution in [0.3, 0.4) is 0 Å². The first-order valence-corrected chi connectivity index (χ1v) is 7.37. The smallest absolute Gasteiger partial charge is 0.344 e. The molecule has 3 rings (SSSR count). The van der Waals surface area contributed by atoms with Crippen LogP contribution in [0.15, 0.2) is 12.2 Å². The Balaban J connectivity index is 1.43. The Kier molecular flexibility index (Phi) is 3.78. The predicted molar refractivity (Wildman–Crippen MR) is 69.5 cm³/mol. The molecule has 3 aliphatic carbocycles. The maximum absolute atomic E-state index is 11.9. The molecule has 0 saturated heterocycles. The Hall–Kier alpha value is -1.36. The topological polar surface area (TPSA) is 72.8 Å². The number of aliphatic hydroxyl groups is 1. The molecule has 0 aromatic rings. The first kappa shape index (κ1) is 13.6. The van der Waals surface area contributed by atoms with Crippen LogP contribution in [0.4, 0.5) is 0 Å². The van der Waals surface area contributed by atoms with E-state index in [4.69, 9.17) is 9.47 Å². The van der Waals surface area contributed by atoms with Gasteiger partial charge in [0.15, 0.2) is 6.61 Å². The highest BCUT2D eigenvalue weighted by Gasteiger charge is 2.47. The van der Waals surface area contributed by atoms with Gasteiger partial charge in [0.05, 0.1) is 12.0 Å². The number of esters is 2. The maximum Gasteiger partial charge on any atom is 0.344 e. The van der Waals surface area contributed by atoms with Crippen molar-refractivity contribution < 1.29 is 24.2 Å². The van der Waals surface area contributed by atoms with Gasteiger partial charge in [0.1, 0.15) is 6.10 Å². The highest BCUT2D eigenvalue weighted by molar-refractivity contribution is 5.78. The predicted octanol–water partition coefficient (Wildman–Crippen LogP) is 1.20.